The number of nitrogens with zero attached hydrogens (tertiary/aromatic N) is 2. The van der Waals surface area contributed by atoms with Gasteiger partial charge in [0.2, 0.25) is 59.1 Å². The molecule has 94 heavy (non-hydrogen) atoms. The van der Waals surface area contributed by atoms with Gasteiger partial charge in [-0.1, -0.05) is 126 Å². The lowest BCUT2D eigenvalue weighted by Gasteiger charge is -2.34. The molecular formula is C65H105N15O14. The van der Waals surface area contributed by atoms with Gasteiger partial charge in [0.25, 0.3) is 0 Å². The Kier molecular flexibility index (Phi) is 32.1. The molecule has 0 unspecified atom stereocenters. The number of hydrogen-bond donors (Lipinski definition) is 16. The first-order chi connectivity index (χ1) is 43.9. The molecule has 0 aliphatic carbocycles. The van der Waals surface area contributed by atoms with Crippen LogP contribution in [-0.4, -0.2) is 177 Å². The van der Waals surface area contributed by atoms with Crippen molar-refractivity contribution in [2.24, 2.45) is 56.7 Å². The largest absolute Gasteiger partial charge is 0.394 e. The number of benzene rings is 1. The minimum absolute atomic E-state index is 0.0135. The molecule has 0 bridgehead atoms. The molecule has 29 heteroatoms. The number of hydrogen-bond acceptors (Lipinski definition) is 17. The maximum absolute atomic E-state index is 15.6. The number of aliphatic hydroxyl groups is 3. The Morgan fingerprint density at radius 1 is 0.670 bits per heavy atom. The summed E-state index contributed by atoms with van der Waals surface area (Å²) in [7, 11) is 0. The van der Waals surface area contributed by atoms with E-state index in [9.17, 15) is 53.7 Å². The van der Waals surface area contributed by atoms with Gasteiger partial charge in [-0.15, -0.1) is 0 Å². The van der Waals surface area contributed by atoms with Crippen LogP contribution in [0.3, 0.4) is 0 Å². The standard InChI is InChI=1S/C65H105N15O14/c1-14-36(6)49-61(93)78-50(37(7)82)60(92)71-32-48(84)72-44(27-38-20-18-24-69-31-38)58(90)76-46(33-81)59(91)79-51(39-21-16-15-17-22-39)40(28-47(83)45(30-65(11,12)13)75-55(87)41(66)29-64(8,9)10)54(86)80-52(53(85)35(4)5)62(94)74-43(26-34(2)3)57(89)73-42(56(88)77-49)23-19-25-70-63(67)68/h15-18,20-22,24,31,34-37,40-46,49-53,81-82,85H,14,19,23,25-30,32-33,66H2,1-13H3,(H,71,92)(H,72,84)(H,73,89)(H,74,94)(H,75,87)(H,76,90)(H,77,88)(H,78,93)(H,79,91)(H,80,86)(H4,67,68,70)/t36-,37-,40-,41+,42+,43-,44-,45-,46-,49-,50-,51+,52-,53+/m0/s1. The Morgan fingerprint density at radius 2 is 1.23 bits per heavy atom. The molecular weight excluding hydrogens is 1210 g/mol. The monoisotopic (exact) mass is 1320 g/mol. The zero-order valence-electron chi connectivity index (χ0n) is 56.7. The maximum Gasteiger partial charge on any atom is 0.245 e. The molecule has 0 saturated carbocycles. The minimum atomic E-state index is -1.93. The van der Waals surface area contributed by atoms with Gasteiger partial charge < -0.3 is 85.7 Å². The van der Waals surface area contributed by atoms with Gasteiger partial charge in [-0.2, -0.15) is 0 Å². The molecule has 2 heterocycles. The van der Waals surface area contributed by atoms with Crippen LogP contribution in [-0.2, 0) is 59.2 Å². The van der Waals surface area contributed by atoms with E-state index in [0.717, 1.165) is 0 Å². The summed E-state index contributed by atoms with van der Waals surface area (Å²) in [6.07, 6.45) is -1.16. The average Bonchev–Trinajstić information content (AvgIpc) is 0.839. The van der Waals surface area contributed by atoms with E-state index < -0.39 is 186 Å². The highest BCUT2D eigenvalue weighted by Crippen LogP contribution is 2.30. The number of Topliss-reactive ketones (excluding diaryl/α,β-unsaturated/α-hetero) is 1. The number of amides is 10. The summed E-state index contributed by atoms with van der Waals surface area (Å²) < 4.78 is 0. The molecule has 1 saturated heterocycles. The molecule has 0 spiro atoms. The first-order valence-corrected chi connectivity index (χ1v) is 32.1. The molecule has 29 nitrogen and oxygen atoms in total. The van der Waals surface area contributed by atoms with Gasteiger partial charge in [-0.25, -0.2) is 0 Å². The van der Waals surface area contributed by atoms with Crippen LogP contribution in [0.25, 0.3) is 0 Å². The van der Waals surface area contributed by atoms with Gasteiger partial charge in [-0.05, 0) is 84.8 Å². The fraction of sp³-hybridized carbons (Fsp3) is 0.646. The van der Waals surface area contributed by atoms with Gasteiger partial charge >= 0.3 is 0 Å². The predicted molar refractivity (Wildman–Crippen MR) is 351 cm³/mol. The number of nitrogens with two attached hydrogens (primary N) is 3. The fourth-order valence-electron chi connectivity index (χ4n) is 10.5. The molecule has 14 atom stereocenters. The van der Waals surface area contributed by atoms with Gasteiger partial charge in [0.1, 0.15) is 42.3 Å². The third-order valence-corrected chi connectivity index (χ3v) is 15.7. The van der Waals surface area contributed by atoms with E-state index >= 15 is 14.4 Å². The van der Waals surface area contributed by atoms with Crippen molar-refractivity contribution in [3.8, 4) is 0 Å². The molecule has 3 rings (SSSR count). The van der Waals surface area contributed by atoms with Crippen LogP contribution in [0.15, 0.2) is 59.9 Å². The van der Waals surface area contributed by atoms with E-state index in [-0.39, 0.29) is 68.9 Å². The second-order valence-corrected chi connectivity index (χ2v) is 27.5. The third-order valence-electron chi connectivity index (χ3n) is 15.7. The normalized spacial score (nSPS) is 24.1. The summed E-state index contributed by atoms with van der Waals surface area (Å²) >= 11 is 0. The Hall–Kier alpha value is -8.15. The van der Waals surface area contributed by atoms with Crippen molar-refractivity contribution in [3.63, 3.8) is 0 Å². The van der Waals surface area contributed by atoms with Gasteiger partial charge in [0.05, 0.1) is 49.4 Å². The third kappa shape index (κ3) is 27.1. The predicted octanol–water partition coefficient (Wildman–Crippen LogP) is -1.20. The first-order valence-electron chi connectivity index (χ1n) is 32.1. The molecule has 2 aromatic rings. The van der Waals surface area contributed by atoms with E-state index in [1.165, 1.54) is 31.5 Å². The molecule has 1 fully saturated rings. The number of nitrogens with one attached hydrogen (secondary N) is 10. The van der Waals surface area contributed by atoms with Gasteiger partial charge in [0, 0.05) is 31.8 Å². The summed E-state index contributed by atoms with van der Waals surface area (Å²) in [5, 5.41) is 59.8. The second-order valence-electron chi connectivity index (χ2n) is 27.5. The first kappa shape index (κ1) is 80.1. The van der Waals surface area contributed by atoms with Crippen molar-refractivity contribution in [1.29, 1.82) is 0 Å². The molecule has 19 N–H and O–H groups in total. The fourth-order valence-corrected chi connectivity index (χ4v) is 10.5. The van der Waals surface area contributed by atoms with Crippen LogP contribution in [0.4, 0.5) is 0 Å². The smallest absolute Gasteiger partial charge is 0.245 e. The van der Waals surface area contributed by atoms with Crippen molar-refractivity contribution in [2.75, 3.05) is 19.7 Å². The number of ketones is 1. The second kappa shape index (κ2) is 37.7. The minimum Gasteiger partial charge on any atom is -0.394 e. The van der Waals surface area contributed by atoms with Crippen molar-refractivity contribution < 1.29 is 68.1 Å². The van der Waals surface area contributed by atoms with Crippen LogP contribution < -0.4 is 70.4 Å². The van der Waals surface area contributed by atoms with Crippen LogP contribution in [0, 0.1) is 34.5 Å². The molecule has 1 aromatic carbocycles. The molecule has 1 aliphatic heterocycles. The molecule has 0 radical (unpaired) electrons. The summed E-state index contributed by atoms with van der Waals surface area (Å²) in [4.78, 5) is 169. The number of aromatic nitrogens is 1. The van der Waals surface area contributed by atoms with E-state index in [0.29, 0.717) is 5.56 Å². The number of guanidine groups is 1. The lowest BCUT2D eigenvalue weighted by molar-refractivity contribution is -0.140. The highest BCUT2D eigenvalue weighted by atomic mass is 16.3. The summed E-state index contributed by atoms with van der Waals surface area (Å²) in [6, 6.07) is -4.50. The summed E-state index contributed by atoms with van der Waals surface area (Å²) in [5.74, 6) is -14.4. The van der Waals surface area contributed by atoms with Crippen LogP contribution in [0.5, 0.6) is 0 Å². The Balaban J connectivity index is 2.44. The SMILES string of the molecule is CC[C@H](C)[C@@H]1NC(=O)[C@@H](CCCN=C(N)N)NC(=O)[C@H](CC(C)C)NC(=O)[C@H]([C@H](O)C(C)C)NC(=O)[C@@H](CC(=O)[C@H](CC(C)(C)C)NC(=O)[C@H](N)CC(C)(C)C)[C@@H](c2ccccc2)NC(=O)[C@H](CO)NC(=O)[C@H](Cc2cccnc2)NC(=O)CNC(=O)[C@H]([C@H](C)O)NC1=O. The van der Waals surface area contributed by atoms with Crippen molar-refractivity contribution >= 4 is 70.8 Å². The highest BCUT2D eigenvalue weighted by molar-refractivity contribution is 5.99. The average molecular weight is 1320 g/mol. The highest BCUT2D eigenvalue weighted by Gasteiger charge is 2.43. The van der Waals surface area contributed by atoms with E-state index in [4.69, 9.17) is 17.2 Å². The lowest BCUT2D eigenvalue weighted by atomic mass is 9.81. The molecule has 1 aliphatic rings. The zero-order valence-corrected chi connectivity index (χ0v) is 56.7. The summed E-state index contributed by atoms with van der Waals surface area (Å²) in [6.45, 7) is 20.3. The molecule has 10 amide bonds. The van der Waals surface area contributed by atoms with E-state index in [1.807, 2.05) is 41.5 Å². The zero-order chi connectivity index (χ0) is 70.9. The van der Waals surface area contributed by atoms with Crippen LogP contribution in [0.1, 0.15) is 152 Å². The number of aliphatic imine (C=N–C) groups is 1. The molecule has 1 aromatic heterocycles. The summed E-state index contributed by atoms with van der Waals surface area (Å²) in [5.41, 5.74) is 17.1. The Labute approximate surface area is 551 Å². The van der Waals surface area contributed by atoms with Crippen molar-refractivity contribution in [2.45, 2.75) is 214 Å². The van der Waals surface area contributed by atoms with Crippen LogP contribution >= 0.6 is 0 Å². The van der Waals surface area contributed by atoms with Gasteiger partial charge in [0.15, 0.2) is 11.7 Å². The number of aliphatic hydroxyl groups excluding tert-OH is 3. The van der Waals surface area contributed by atoms with Crippen LogP contribution in [0.2, 0.25) is 0 Å². The Bertz CT molecular complexity index is 2900. The number of carbonyl (C=O) groups is 11. The Morgan fingerprint density at radius 3 is 1.79 bits per heavy atom. The molecule has 524 valence electrons. The van der Waals surface area contributed by atoms with Crippen molar-refractivity contribution in [1.82, 2.24) is 58.2 Å². The van der Waals surface area contributed by atoms with Gasteiger partial charge in [-0.3, -0.25) is 62.7 Å². The number of pyridine rings is 1. The number of rotatable bonds is 22. The lowest BCUT2D eigenvalue weighted by Crippen LogP contribution is -2.62. The van der Waals surface area contributed by atoms with E-state index in [1.54, 1.807) is 71.9 Å². The number of carbonyl (C=O) groups excluding carboxylic acids is 11. The quantitative estimate of drug-likeness (QED) is 0.0374. The maximum atomic E-state index is 15.6. The topological polar surface area (TPSA) is 472 Å². The van der Waals surface area contributed by atoms with E-state index in [2.05, 4.69) is 63.1 Å². The van der Waals surface area contributed by atoms with Crippen molar-refractivity contribution in [3.05, 3.63) is 66.0 Å².